The van der Waals surface area contributed by atoms with Gasteiger partial charge in [0.15, 0.2) is 0 Å². The van der Waals surface area contributed by atoms with Crippen molar-refractivity contribution in [1.82, 2.24) is 4.90 Å². The molecule has 16 heavy (non-hydrogen) atoms. The smallest absolute Gasteiger partial charge is 0.384 e. The molecule has 1 rings (SSSR count). The van der Waals surface area contributed by atoms with E-state index in [1.165, 1.54) is 12.1 Å². The SMILES string of the molecule is CN(C)/C=C/Cc1cccc(C(F)(F)F)c1. The standard InChI is InChI=1S/C12H14F3N/c1-16(2)8-4-6-10-5-3-7-11(9-10)12(13,14)15/h3-5,7-9H,6H2,1-2H3/b8-4+. The number of hydrogen-bond donors (Lipinski definition) is 0. The molecule has 1 aromatic carbocycles. The van der Waals surface area contributed by atoms with Crippen LogP contribution in [0, 0.1) is 0 Å². The Kier molecular flexibility index (Phi) is 3.99. The highest BCUT2D eigenvalue weighted by Gasteiger charge is 2.30. The van der Waals surface area contributed by atoms with Crippen LogP contribution in [0.4, 0.5) is 13.2 Å². The maximum Gasteiger partial charge on any atom is 0.416 e. The predicted molar refractivity (Wildman–Crippen MR) is 58.0 cm³/mol. The number of halogens is 3. The van der Waals surface area contributed by atoms with E-state index in [-0.39, 0.29) is 0 Å². The fourth-order valence-corrected chi connectivity index (χ4v) is 1.27. The number of nitrogens with zero attached hydrogens (tertiary/aromatic N) is 1. The summed E-state index contributed by atoms with van der Waals surface area (Å²) in [6.45, 7) is 0. The molecule has 0 spiro atoms. The van der Waals surface area contributed by atoms with Crippen molar-refractivity contribution in [3.05, 3.63) is 47.7 Å². The summed E-state index contributed by atoms with van der Waals surface area (Å²) in [5.41, 5.74) is 0.0659. The van der Waals surface area contributed by atoms with Crippen LogP contribution in [-0.2, 0) is 12.6 Å². The van der Waals surface area contributed by atoms with E-state index < -0.39 is 11.7 Å². The fraction of sp³-hybridized carbons (Fsp3) is 0.333. The second-order valence-corrected chi connectivity index (χ2v) is 3.75. The molecule has 0 radical (unpaired) electrons. The predicted octanol–water partition coefficient (Wildman–Crippen LogP) is 3.32. The Labute approximate surface area is 93.2 Å². The van der Waals surface area contributed by atoms with Crippen LogP contribution in [-0.4, -0.2) is 19.0 Å². The van der Waals surface area contributed by atoms with E-state index in [1.54, 1.807) is 6.07 Å². The summed E-state index contributed by atoms with van der Waals surface area (Å²) < 4.78 is 37.2. The largest absolute Gasteiger partial charge is 0.416 e. The minimum atomic E-state index is -4.26. The first-order valence-corrected chi connectivity index (χ1v) is 4.89. The number of allylic oxidation sites excluding steroid dienone is 1. The molecule has 0 atom stereocenters. The van der Waals surface area contributed by atoms with Gasteiger partial charge in [-0.05, 0) is 24.3 Å². The highest BCUT2D eigenvalue weighted by atomic mass is 19.4. The van der Waals surface area contributed by atoms with Crippen molar-refractivity contribution in [2.75, 3.05) is 14.1 Å². The van der Waals surface area contributed by atoms with Gasteiger partial charge in [-0.15, -0.1) is 0 Å². The zero-order valence-electron chi connectivity index (χ0n) is 9.25. The first-order valence-electron chi connectivity index (χ1n) is 4.89. The average Bonchev–Trinajstić information content (AvgIpc) is 2.16. The topological polar surface area (TPSA) is 3.24 Å². The molecule has 0 amide bonds. The molecule has 0 saturated heterocycles. The van der Waals surface area contributed by atoms with Crippen molar-refractivity contribution >= 4 is 0 Å². The monoisotopic (exact) mass is 229 g/mol. The third kappa shape index (κ3) is 3.96. The van der Waals surface area contributed by atoms with E-state index in [1.807, 2.05) is 31.3 Å². The average molecular weight is 229 g/mol. The number of benzene rings is 1. The minimum Gasteiger partial charge on any atom is -0.384 e. The van der Waals surface area contributed by atoms with Crippen LogP contribution in [0.15, 0.2) is 36.5 Å². The van der Waals surface area contributed by atoms with Crippen molar-refractivity contribution in [1.29, 1.82) is 0 Å². The molecule has 0 fully saturated rings. The van der Waals surface area contributed by atoms with Gasteiger partial charge < -0.3 is 4.90 Å². The fourth-order valence-electron chi connectivity index (χ4n) is 1.27. The number of hydrogen-bond acceptors (Lipinski definition) is 1. The zero-order chi connectivity index (χ0) is 12.2. The third-order valence-electron chi connectivity index (χ3n) is 2.01. The summed E-state index contributed by atoms with van der Waals surface area (Å²) in [4.78, 5) is 1.84. The van der Waals surface area contributed by atoms with Crippen LogP contribution in [0.1, 0.15) is 11.1 Å². The molecule has 0 saturated carbocycles. The van der Waals surface area contributed by atoms with Gasteiger partial charge in [-0.2, -0.15) is 13.2 Å². The van der Waals surface area contributed by atoms with Crippen molar-refractivity contribution in [2.45, 2.75) is 12.6 Å². The Balaban J connectivity index is 2.76. The molecule has 1 nitrogen and oxygen atoms in total. The van der Waals surface area contributed by atoms with Crippen molar-refractivity contribution in [2.24, 2.45) is 0 Å². The van der Waals surface area contributed by atoms with E-state index >= 15 is 0 Å². The molecule has 88 valence electrons. The van der Waals surface area contributed by atoms with Crippen LogP contribution in [0.3, 0.4) is 0 Å². The summed E-state index contributed by atoms with van der Waals surface area (Å²) in [5, 5.41) is 0. The van der Waals surface area contributed by atoms with Gasteiger partial charge in [0.2, 0.25) is 0 Å². The van der Waals surface area contributed by atoms with Crippen LogP contribution in [0.2, 0.25) is 0 Å². The van der Waals surface area contributed by atoms with Gasteiger partial charge in [0.05, 0.1) is 5.56 Å². The van der Waals surface area contributed by atoms with Gasteiger partial charge >= 0.3 is 6.18 Å². The van der Waals surface area contributed by atoms with Crippen LogP contribution in [0.5, 0.6) is 0 Å². The Hall–Kier alpha value is -1.45. The molecule has 0 unspecified atom stereocenters. The van der Waals surface area contributed by atoms with Crippen LogP contribution in [0.25, 0.3) is 0 Å². The maximum absolute atomic E-state index is 12.4. The lowest BCUT2D eigenvalue weighted by atomic mass is 10.1. The highest BCUT2D eigenvalue weighted by Crippen LogP contribution is 2.29. The molecular formula is C12H14F3N. The second-order valence-electron chi connectivity index (χ2n) is 3.75. The molecule has 0 aliphatic rings. The van der Waals surface area contributed by atoms with Gasteiger partial charge in [-0.25, -0.2) is 0 Å². The van der Waals surface area contributed by atoms with Crippen molar-refractivity contribution < 1.29 is 13.2 Å². The van der Waals surface area contributed by atoms with E-state index in [0.29, 0.717) is 12.0 Å². The first kappa shape index (κ1) is 12.6. The lowest BCUT2D eigenvalue weighted by Crippen LogP contribution is -2.05. The maximum atomic E-state index is 12.4. The third-order valence-corrected chi connectivity index (χ3v) is 2.01. The molecule has 0 aliphatic carbocycles. The zero-order valence-corrected chi connectivity index (χ0v) is 9.25. The molecule has 1 aromatic rings. The Morgan fingerprint density at radius 2 is 1.94 bits per heavy atom. The quantitative estimate of drug-likeness (QED) is 0.768. The molecular weight excluding hydrogens is 215 g/mol. The summed E-state index contributed by atoms with van der Waals surface area (Å²) in [7, 11) is 3.73. The lowest BCUT2D eigenvalue weighted by molar-refractivity contribution is -0.137. The lowest BCUT2D eigenvalue weighted by Gasteiger charge is -2.08. The van der Waals surface area contributed by atoms with Gasteiger partial charge in [-0.1, -0.05) is 24.3 Å². The van der Waals surface area contributed by atoms with Gasteiger partial charge in [0.25, 0.3) is 0 Å². The van der Waals surface area contributed by atoms with E-state index in [9.17, 15) is 13.2 Å². The molecule has 0 N–H and O–H groups in total. The number of rotatable bonds is 3. The molecule has 0 bridgehead atoms. The normalized spacial score (nSPS) is 12.1. The first-order chi connectivity index (χ1) is 7.39. The Morgan fingerprint density at radius 3 is 2.50 bits per heavy atom. The minimum absolute atomic E-state index is 0.502. The summed E-state index contributed by atoms with van der Waals surface area (Å²) in [6.07, 6.45) is -0.112. The van der Waals surface area contributed by atoms with E-state index in [4.69, 9.17) is 0 Å². The second kappa shape index (κ2) is 5.05. The number of alkyl halides is 3. The summed E-state index contributed by atoms with van der Waals surface area (Å²) in [6, 6.07) is 5.38. The Morgan fingerprint density at radius 1 is 1.25 bits per heavy atom. The van der Waals surface area contributed by atoms with Gasteiger partial charge in [0, 0.05) is 14.1 Å². The van der Waals surface area contributed by atoms with Crippen molar-refractivity contribution in [3.8, 4) is 0 Å². The van der Waals surface area contributed by atoms with Gasteiger partial charge in [0.1, 0.15) is 0 Å². The molecule has 4 heteroatoms. The van der Waals surface area contributed by atoms with E-state index in [2.05, 4.69) is 0 Å². The molecule has 0 aromatic heterocycles. The van der Waals surface area contributed by atoms with Gasteiger partial charge in [-0.3, -0.25) is 0 Å². The highest BCUT2D eigenvalue weighted by molar-refractivity contribution is 5.27. The molecule has 0 heterocycles. The van der Waals surface area contributed by atoms with Crippen LogP contribution >= 0.6 is 0 Å². The molecule has 0 aliphatic heterocycles. The summed E-state index contributed by atoms with van der Waals surface area (Å²) in [5.74, 6) is 0. The van der Waals surface area contributed by atoms with Crippen LogP contribution < -0.4 is 0 Å². The van der Waals surface area contributed by atoms with E-state index in [0.717, 1.165) is 6.07 Å². The Bertz CT molecular complexity index is 367. The summed E-state index contributed by atoms with van der Waals surface area (Å²) >= 11 is 0. The van der Waals surface area contributed by atoms with Crippen molar-refractivity contribution in [3.63, 3.8) is 0 Å².